The van der Waals surface area contributed by atoms with E-state index in [1.54, 1.807) is 0 Å². The summed E-state index contributed by atoms with van der Waals surface area (Å²) < 4.78 is 11.1. The summed E-state index contributed by atoms with van der Waals surface area (Å²) >= 11 is 5.94. The summed E-state index contributed by atoms with van der Waals surface area (Å²) in [7, 11) is 0. The van der Waals surface area contributed by atoms with Gasteiger partial charge in [-0.05, 0) is 37.2 Å². The van der Waals surface area contributed by atoms with Gasteiger partial charge in [0.15, 0.2) is 0 Å². The van der Waals surface area contributed by atoms with Crippen LogP contribution in [0.2, 0.25) is 5.02 Å². The van der Waals surface area contributed by atoms with Crippen molar-refractivity contribution in [1.29, 1.82) is 0 Å². The van der Waals surface area contributed by atoms with Crippen LogP contribution in [0.3, 0.4) is 0 Å². The Hall–Kier alpha value is -0.770. The summed E-state index contributed by atoms with van der Waals surface area (Å²) in [5.74, 6) is 0.865. The van der Waals surface area contributed by atoms with Crippen LogP contribution in [0.4, 0.5) is 0 Å². The van der Waals surface area contributed by atoms with Crippen molar-refractivity contribution in [3.05, 3.63) is 28.8 Å². The van der Waals surface area contributed by atoms with E-state index >= 15 is 0 Å². The molecule has 0 saturated heterocycles. The number of rotatable bonds is 9. The molecule has 1 rings (SSSR count). The first-order valence-corrected chi connectivity index (χ1v) is 6.79. The highest BCUT2D eigenvalue weighted by Gasteiger charge is 1.98. The van der Waals surface area contributed by atoms with Crippen LogP contribution in [0.15, 0.2) is 18.2 Å². The van der Waals surface area contributed by atoms with Crippen molar-refractivity contribution < 1.29 is 9.47 Å². The maximum absolute atomic E-state index is 5.94. The molecule has 0 aliphatic heterocycles. The minimum Gasteiger partial charge on any atom is -0.493 e. The maximum atomic E-state index is 5.94. The molecule has 3 nitrogen and oxygen atoms in total. The fraction of sp³-hybridized carbons (Fsp3) is 0.571. The van der Waals surface area contributed by atoms with Crippen LogP contribution in [-0.4, -0.2) is 32.9 Å². The third kappa shape index (κ3) is 6.24. The molecule has 18 heavy (non-hydrogen) atoms. The molecule has 0 amide bonds. The minimum absolute atomic E-state index is 0.669. The van der Waals surface area contributed by atoms with Crippen molar-refractivity contribution in [2.45, 2.75) is 20.3 Å². The molecule has 0 saturated carbocycles. The van der Waals surface area contributed by atoms with Crippen molar-refractivity contribution in [1.82, 2.24) is 5.32 Å². The number of nitrogens with one attached hydrogen (secondary N) is 1. The van der Waals surface area contributed by atoms with Gasteiger partial charge in [0, 0.05) is 24.6 Å². The average Bonchev–Trinajstić information content (AvgIpc) is 2.37. The van der Waals surface area contributed by atoms with Crippen LogP contribution in [0.25, 0.3) is 0 Å². The molecule has 0 heterocycles. The first-order chi connectivity index (χ1) is 8.74. The van der Waals surface area contributed by atoms with E-state index in [0.29, 0.717) is 6.61 Å². The van der Waals surface area contributed by atoms with Gasteiger partial charge in [0.1, 0.15) is 5.75 Å². The van der Waals surface area contributed by atoms with Gasteiger partial charge >= 0.3 is 0 Å². The first-order valence-electron chi connectivity index (χ1n) is 6.41. The lowest BCUT2D eigenvalue weighted by Gasteiger charge is -2.08. The third-order valence-corrected chi connectivity index (χ3v) is 2.93. The number of hydrogen-bond acceptors (Lipinski definition) is 3. The van der Waals surface area contributed by atoms with E-state index in [1.807, 2.05) is 25.1 Å². The van der Waals surface area contributed by atoms with E-state index in [4.69, 9.17) is 21.1 Å². The number of aryl methyl sites for hydroxylation is 1. The van der Waals surface area contributed by atoms with Crippen molar-refractivity contribution >= 4 is 11.6 Å². The first kappa shape index (κ1) is 15.3. The lowest BCUT2D eigenvalue weighted by molar-refractivity contribution is 0.121. The molecular weight excluding hydrogens is 250 g/mol. The topological polar surface area (TPSA) is 30.5 Å². The molecule has 0 atom stereocenters. The Bertz CT molecular complexity index is 345. The Morgan fingerprint density at radius 2 is 2.06 bits per heavy atom. The number of hydrogen-bond donors (Lipinski definition) is 1. The van der Waals surface area contributed by atoms with E-state index in [0.717, 1.165) is 49.1 Å². The molecule has 102 valence electrons. The van der Waals surface area contributed by atoms with Gasteiger partial charge in [-0.3, -0.25) is 0 Å². The van der Waals surface area contributed by atoms with E-state index in [-0.39, 0.29) is 0 Å². The van der Waals surface area contributed by atoms with E-state index in [1.165, 1.54) is 0 Å². The monoisotopic (exact) mass is 271 g/mol. The summed E-state index contributed by atoms with van der Waals surface area (Å²) in [6.45, 7) is 8.12. The molecule has 0 bridgehead atoms. The molecular formula is C14H22ClNO2. The Morgan fingerprint density at radius 3 is 2.78 bits per heavy atom. The quantitative estimate of drug-likeness (QED) is 0.701. The molecule has 0 unspecified atom stereocenters. The molecule has 0 spiro atoms. The summed E-state index contributed by atoms with van der Waals surface area (Å²) in [6, 6.07) is 5.70. The van der Waals surface area contributed by atoms with Gasteiger partial charge in [-0.2, -0.15) is 0 Å². The van der Waals surface area contributed by atoms with Gasteiger partial charge < -0.3 is 14.8 Å². The normalized spacial score (nSPS) is 10.6. The molecule has 0 radical (unpaired) electrons. The van der Waals surface area contributed by atoms with E-state index < -0.39 is 0 Å². The Balaban J connectivity index is 2.05. The lowest BCUT2D eigenvalue weighted by atomic mass is 10.2. The molecule has 0 fully saturated rings. The Morgan fingerprint density at radius 1 is 1.22 bits per heavy atom. The predicted octanol–water partition coefficient (Wildman–Crippen LogP) is 3.04. The molecule has 1 aromatic carbocycles. The average molecular weight is 272 g/mol. The second-order valence-corrected chi connectivity index (χ2v) is 4.49. The summed E-state index contributed by atoms with van der Waals surface area (Å²) in [6.07, 6.45) is 0.897. The van der Waals surface area contributed by atoms with Crippen LogP contribution >= 0.6 is 11.6 Å². The van der Waals surface area contributed by atoms with Crippen LogP contribution < -0.4 is 10.1 Å². The van der Waals surface area contributed by atoms with Crippen molar-refractivity contribution in [2.24, 2.45) is 0 Å². The number of likely N-dealkylation sites (N-methyl/N-ethyl adjacent to an activating group) is 1. The van der Waals surface area contributed by atoms with Crippen LogP contribution in [0.5, 0.6) is 5.75 Å². The Labute approximate surface area is 114 Å². The highest BCUT2D eigenvalue weighted by Crippen LogP contribution is 2.20. The molecule has 0 aliphatic carbocycles. The van der Waals surface area contributed by atoms with Crippen LogP contribution in [0.1, 0.15) is 18.9 Å². The lowest BCUT2D eigenvalue weighted by Crippen LogP contribution is -2.19. The number of benzene rings is 1. The zero-order valence-electron chi connectivity index (χ0n) is 11.2. The minimum atomic E-state index is 0.669. The maximum Gasteiger partial charge on any atom is 0.119 e. The van der Waals surface area contributed by atoms with Crippen LogP contribution in [-0.2, 0) is 4.74 Å². The molecule has 4 heteroatoms. The molecule has 1 N–H and O–H groups in total. The molecule has 0 aliphatic rings. The highest BCUT2D eigenvalue weighted by molar-refractivity contribution is 6.31. The van der Waals surface area contributed by atoms with Crippen molar-refractivity contribution in [3.8, 4) is 5.75 Å². The second-order valence-electron chi connectivity index (χ2n) is 4.08. The largest absolute Gasteiger partial charge is 0.493 e. The van der Waals surface area contributed by atoms with Crippen molar-refractivity contribution in [2.75, 3.05) is 32.9 Å². The zero-order valence-corrected chi connectivity index (χ0v) is 11.9. The van der Waals surface area contributed by atoms with Crippen molar-refractivity contribution in [3.63, 3.8) is 0 Å². The van der Waals surface area contributed by atoms with Gasteiger partial charge in [-0.1, -0.05) is 18.5 Å². The highest BCUT2D eigenvalue weighted by atomic mass is 35.5. The standard InChI is InChI=1S/C14H22ClNO2/c1-3-16-7-10-17-8-4-9-18-13-5-6-14(15)12(2)11-13/h5-6,11,16H,3-4,7-10H2,1-2H3. The number of ether oxygens (including phenoxy) is 2. The fourth-order valence-electron chi connectivity index (χ4n) is 1.48. The van der Waals surface area contributed by atoms with E-state index in [2.05, 4.69) is 12.2 Å². The van der Waals surface area contributed by atoms with Gasteiger partial charge in [0.25, 0.3) is 0 Å². The second kappa shape index (κ2) is 9.20. The molecule has 1 aromatic rings. The Kier molecular flexibility index (Phi) is 7.81. The van der Waals surface area contributed by atoms with E-state index in [9.17, 15) is 0 Å². The summed E-state index contributed by atoms with van der Waals surface area (Å²) in [5.41, 5.74) is 1.04. The zero-order chi connectivity index (χ0) is 13.2. The van der Waals surface area contributed by atoms with Gasteiger partial charge in [0.05, 0.1) is 13.2 Å². The summed E-state index contributed by atoms with van der Waals surface area (Å²) in [5, 5.41) is 3.98. The third-order valence-electron chi connectivity index (χ3n) is 2.50. The van der Waals surface area contributed by atoms with Crippen LogP contribution in [0, 0.1) is 6.92 Å². The van der Waals surface area contributed by atoms with Gasteiger partial charge in [-0.15, -0.1) is 0 Å². The van der Waals surface area contributed by atoms with Gasteiger partial charge in [0.2, 0.25) is 0 Å². The molecule has 0 aromatic heterocycles. The van der Waals surface area contributed by atoms with Gasteiger partial charge in [-0.25, -0.2) is 0 Å². The SMILES string of the molecule is CCNCCOCCCOc1ccc(Cl)c(C)c1. The smallest absolute Gasteiger partial charge is 0.119 e. The number of halogens is 1. The fourth-order valence-corrected chi connectivity index (χ4v) is 1.60. The summed E-state index contributed by atoms with van der Waals surface area (Å²) in [4.78, 5) is 0. The predicted molar refractivity (Wildman–Crippen MR) is 75.7 cm³/mol.